The maximum Gasteiger partial charge on any atom is 0.147 e. The van der Waals surface area contributed by atoms with E-state index >= 15 is 0 Å². The molecule has 1 aromatic rings. The number of nitrogens with zero attached hydrogens (tertiary/aromatic N) is 3. The Labute approximate surface area is 77.8 Å². The quantitative estimate of drug-likeness (QED) is 0.675. The van der Waals surface area contributed by atoms with Crippen LogP contribution in [0.1, 0.15) is 31.9 Å². The van der Waals surface area contributed by atoms with E-state index in [9.17, 15) is 0 Å². The topological polar surface area (TPSA) is 30.7 Å². The molecule has 1 rings (SSSR count). The standard InChI is InChI=1S/C8H14ClN3/c1-3-5-12-7(4-2)10-11-8(12)6-9/h3-6H2,1-2H3. The minimum absolute atomic E-state index is 0.451. The molecule has 0 saturated carbocycles. The Morgan fingerprint density at radius 1 is 1.25 bits per heavy atom. The van der Waals surface area contributed by atoms with E-state index < -0.39 is 0 Å². The van der Waals surface area contributed by atoms with Crippen molar-refractivity contribution >= 4 is 11.6 Å². The zero-order valence-corrected chi connectivity index (χ0v) is 8.30. The van der Waals surface area contributed by atoms with Crippen LogP contribution < -0.4 is 0 Å². The lowest BCUT2D eigenvalue weighted by molar-refractivity contribution is 0.623. The van der Waals surface area contributed by atoms with Gasteiger partial charge in [-0.3, -0.25) is 0 Å². The molecule has 0 atom stereocenters. The van der Waals surface area contributed by atoms with Gasteiger partial charge in [0.1, 0.15) is 11.6 Å². The Bertz CT molecular complexity index is 223. The number of halogens is 1. The number of alkyl halides is 1. The average molecular weight is 188 g/mol. The fourth-order valence-corrected chi connectivity index (χ4v) is 1.41. The molecule has 3 nitrogen and oxygen atoms in total. The maximum atomic E-state index is 5.71. The third-order valence-electron chi connectivity index (χ3n) is 1.79. The second-order valence-electron chi connectivity index (χ2n) is 2.67. The summed E-state index contributed by atoms with van der Waals surface area (Å²) in [6.07, 6.45) is 2.01. The van der Waals surface area contributed by atoms with Crippen molar-refractivity contribution in [1.82, 2.24) is 14.8 Å². The lowest BCUT2D eigenvalue weighted by Crippen LogP contribution is -2.05. The van der Waals surface area contributed by atoms with E-state index in [1.54, 1.807) is 0 Å². The smallest absolute Gasteiger partial charge is 0.147 e. The van der Waals surface area contributed by atoms with Crippen LogP contribution in [0.25, 0.3) is 0 Å². The van der Waals surface area contributed by atoms with Crippen molar-refractivity contribution in [2.24, 2.45) is 0 Å². The highest BCUT2D eigenvalue weighted by Gasteiger charge is 2.07. The minimum atomic E-state index is 0.451. The Hall–Kier alpha value is -0.570. The Morgan fingerprint density at radius 3 is 2.42 bits per heavy atom. The Kier molecular flexibility index (Phi) is 3.53. The highest BCUT2D eigenvalue weighted by molar-refractivity contribution is 6.16. The molecule has 0 N–H and O–H groups in total. The van der Waals surface area contributed by atoms with Gasteiger partial charge in [-0.1, -0.05) is 13.8 Å². The van der Waals surface area contributed by atoms with E-state index in [0.29, 0.717) is 5.88 Å². The SMILES string of the molecule is CCCn1c(CC)nnc1CCl. The van der Waals surface area contributed by atoms with Crippen molar-refractivity contribution in [3.63, 3.8) is 0 Å². The third-order valence-corrected chi connectivity index (χ3v) is 2.03. The van der Waals surface area contributed by atoms with Crippen LogP contribution in [-0.2, 0) is 18.8 Å². The van der Waals surface area contributed by atoms with Gasteiger partial charge in [-0.2, -0.15) is 0 Å². The summed E-state index contributed by atoms with van der Waals surface area (Å²) in [6.45, 7) is 5.18. The van der Waals surface area contributed by atoms with E-state index in [4.69, 9.17) is 11.6 Å². The molecule has 0 amide bonds. The molecule has 0 aliphatic heterocycles. The number of aryl methyl sites for hydroxylation is 1. The molecule has 1 aromatic heterocycles. The molecule has 0 saturated heterocycles. The van der Waals surface area contributed by atoms with Crippen LogP contribution in [0.2, 0.25) is 0 Å². The van der Waals surface area contributed by atoms with Gasteiger partial charge in [-0.05, 0) is 6.42 Å². The van der Waals surface area contributed by atoms with E-state index in [-0.39, 0.29) is 0 Å². The highest BCUT2D eigenvalue weighted by atomic mass is 35.5. The van der Waals surface area contributed by atoms with Gasteiger partial charge < -0.3 is 4.57 Å². The summed E-state index contributed by atoms with van der Waals surface area (Å²) >= 11 is 5.71. The van der Waals surface area contributed by atoms with Gasteiger partial charge in [0.2, 0.25) is 0 Å². The summed E-state index contributed by atoms with van der Waals surface area (Å²) in [5.74, 6) is 2.37. The van der Waals surface area contributed by atoms with E-state index in [0.717, 1.165) is 31.0 Å². The normalized spacial score (nSPS) is 10.6. The molecule has 0 aromatic carbocycles. The number of rotatable bonds is 4. The van der Waals surface area contributed by atoms with Crippen molar-refractivity contribution in [1.29, 1.82) is 0 Å². The summed E-state index contributed by atoms with van der Waals surface area (Å²) in [7, 11) is 0. The van der Waals surface area contributed by atoms with Crippen LogP contribution in [-0.4, -0.2) is 14.8 Å². The van der Waals surface area contributed by atoms with Gasteiger partial charge in [0.05, 0.1) is 5.88 Å². The molecule has 0 unspecified atom stereocenters. The van der Waals surface area contributed by atoms with Crippen molar-refractivity contribution in [2.75, 3.05) is 0 Å². The first-order chi connectivity index (χ1) is 5.83. The molecule has 12 heavy (non-hydrogen) atoms. The van der Waals surface area contributed by atoms with Crippen molar-refractivity contribution < 1.29 is 0 Å². The summed E-state index contributed by atoms with van der Waals surface area (Å²) in [6, 6.07) is 0. The zero-order valence-electron chi connectivity index (χ0n) is 7.55. The maximum absolute atomic E-state index is 5.71. The summed E-state index contributed by atoms with van der Waals surface area (Å²) in [4.78, 5) is 0. The van der Waals surface area contributed by atoms with E-state index in [2.05, 4.69) is 28.6 Å². The second kappa shape index (κ2) is 4.45. The Balaban J connectivity index is 2.90. The van der Waals surface area contributed by atoms with Crippen molar-refractivity contribution in [2.45, 2.75) is 39.1 Å². The van der Waals surface area contributed by atoms with Gasteiger partial charge in [0.15, 0.2) is 0 Å². The van der Waals surface area contributed by atoms with Crippen molar-refractivity contribution in [3.8, 4) is 0 Å². The number of hydrogen-bond acceptors (Lipinski definition) is 2. The average Bonchev–Trinajstić information content (AvgIpc) is 2.48. The van der Waals surface area contributed by atoms with E-state index in [1.165, 1.54) is 0 Å². The molecule has 1 heterocycles. The summed E-state index contributed by atoms with van der Waals surface area (Å²) < 4.78 is 2.10. The molecule has 0 radical (unpaired) electrons. The molecule has 0 aliphatic carbocycles. The molecule has 0 fully saturated rings. The third kappa shape index (κ3) is 1.78. The van der Waals surface area contributed by atoms with Crippen LogP contribution in [0.4, 0.5) is 0 Å². The van der Waals surface area contributed by atoms with Crippen LogP contribution in [0, 0.1) is 0 Å². The first kappa shape index (κ1) is 9.52. The van der Waals surface area contributed by atoms with Gasteiger partial charge in [-0.25, -0.2) is 0 Å². The minimum Gasteiger partial charge on any atom is -0.314 e. The molecule has 0 bridgehead atoms. The number of aromatic nitrogens is 3. The molecule has 4 heteroatoms. The fraction of sp³-hybridized carbons (Fsp3) is 0.750. The first-order valence-corrected chi connectivity index (χ1v) is 4.83. The van der Waals surface area contributed by atoms with Gasteiger partial charge in [0, 0.05) is 13.0 Å². The molecular formula is C8H14ClN3. The zero-order chi connectivity index (χ0) is 8.97. The van der Waals surface area contributed by atoms with E-state index in [1.807, 2.05) is 0 Å². The van der Waals surface area contributed by atoms with Crippen LogP contribution in [0.15, 0.2) is 0 Å². The Morgan fingerprint density at radius 2 is 1.92 bits per heavy atom. The van der Waals surface area contributed by atoms with Crippen LogP contribution >= 0.6 is 11.6 Å². The van der Waals surface area contributed by atoms with Gasteiger partial charge in [-0.15, -0.1) is 21.8 Å². The highest BCUT2D eigenvalue weighted by Crippen LogP contribution is 2.06. The first-order valence-electron chi connectivity index (χ1n) is 4.30. The van der Waals surface area contributed by atoms with Gasteiger partial charge >= 0.3 is 0 Å². The predicted octanol–water partition coefficient (Wildman–Crippen LogP) is 1.99. The molecule has 0 aliphatic rings. The monoisotopic (exact) mass is 187 g/mol. The largest absolute Gasteiger partial charge is 0.314 e. The second-order valence-corrected chi connectivity index (χ2v) is 2.94. The van der Waals surface area contributed by atoms with Crippen LogP contribution in [0.5, 0.6) is 0 Å². The number of hydrogen-bond donors (Lipinski definition) is 0. The van der Waals surface area contributed by atoms with Crippen molar-refractivity contribution in [3.05, 3.63) is 11.6 Å². The summed E-state index contributed by atoms with van der Waals surface area (Å²) in [5.41, 5.74) is 0. The molecule has 0 spiro atoms. The lowest BCUT2D eigenvalue weighted by atomic mass is 10.4. The lowest BCUT2D eigenvalue weighted by Gasteiger charge is -2.04. The fourth-order valence-electron chi connectivity index (χ4n) is 1.21. The predicted molar refractivity (Wildman–Crippen MR) is 49.2 cm³/mol. The van der Waals surface area contributed by atoms with Gasteiger partial charge in [0.25, 0.3) is 0 Å². The molecular weight excluding hydrogens is 174 g/mol. The van der Waals surface area contributed by atoms with Crippen LogP contribution in [0.3, 0.4) is 0 Å². The summed E-state index contributed by atoms with van der Waals surface area (Å²) in [5, 5.41) is 8.06. The molecule has 68 valence electrons.